The van der Waals surface area contributed by atoms with E-state index in [9.17, 15) is 24.3 Å². The summed E-state index contributed by atoms with van der Waals surface area (Å²) in [6.45, 7) is 7.40. The third-order valence-electron chi connectivity index (χ3n) is 9.58. The minimum atomic E-state index is -0.666. The summed E-state index contributed by atoms with van der Waals surface area (Å²) < 4.78 is 15.7. The molecule has 1 N–H and O–H groups in total. The number of ether oxygens (including phenoxy) is 3. The highest BCUT2D eigenvalue weighted by Gasteiger charge is 2.63. The Kier molecular flexibility index (Phi) is 7.82. The van der Waals surface area contributed by atoms with Crippen LogP contribution >= 0.6 is 0 Å². The topological polar surface area (TPSA) is 116 Å². The Bertz CT molecular complexity index is 1010. The zero-order valence-electron chi connectivity index (χ0n) is 22.5. The van der Waals surface area contributed by atoms with Gasteiger partial charge in [-0.3, -0.25) is 14.4 Å². The SMILES string of the molecule is COCC(=O)OC[C@H]1C[C@@H]2[C@H]([C@@H](O)C[C@]3(C)[C@@H](C(=O)COC(=O)C(C)C)CC[C@@H]23)[C@@]2(C)C=CC(=O)C=C12. The largest absolute Gasteiger partial charge is 0.463 e. The number of methoxy groups -OCH3 is 1. The van der Waals surface area contributed by atoms with Crippen molar-refractivity contribution in [3.8, 4) is 0 Å². The maximum atomic E-state index is 13.2. The molecule has 0 saturated heterocycles. The third kappa shape index (κ3) is 4.94. The molecule has 4 aliphatic carbocycles. The summed E-state index contributed by atoms with van der Waals surface area (Å²) in [6.07, 6.45) is 7.14. The van der Waals surface area contributed by atoms with Gasteiger partial charge in [-0.1, -0.05) is 33.8 Å². The van der Waals surface area contributed by atoms with Gasteiger partial charge in [0.2, 0.25) is 0 Å². The summed E-state index contributed by atoms with van der Waals surface area (Å²) in [7, 11) is 1.43. The second-order valence-electron chi connectivity index (χ2n) is 12.1. The van der Waals surface area contributed by atoms with E-state index in [4.69, 9.17) is 14.2 Å². The average molecular weight is 517 g/mol. The Morgan fingerprint density at radius 2 is 1.86 bits per heavy atom. The van der Waals surface area contributed by atoms with Crippen LogP contribution in [0.1, 0.15) is 53.4 Å². The number of carbonyl (C=O) groups excluding carboxylic acids is 4. The molecule has 0 spiro atoms. The van der Waals surface area contributed by atoms with Gasteiger partial charge in [0.15, 0.2) is 11.6 Å². The molecule has 4 aliphatic rings. The first kappa shape index (κ1) is 27.7. The highest BCUT2D eigenvalue weighted by Crippen LogP contribution is 2.67. The lowest BCUT2D eigenvalue weighted by atomic mass is 9.45. The fourth-order valence-electron chi connectivity index (χ4n) is 8.00. The summed E-state index contributed by atoms with van der Waals surface area (Å²) in [4.78, 5) is 49.6. The van der Waals surface area contributed by atoms with Gasteiger partial charge in [0.25, 0.3) is 0 Å². The fourth-order valence-corrected chi connectivity index (χ4v) is 8.00. The van der Waals surface area contributed by atoms with E-state index in [2.05, 4.69) is 13.8 Å². The summed E-state index contributed by atoms with van der Waals surface area (Å²) in [5.41, 5.74) is -0.0733. The number of allylic oxidation sites excluding steroid dienone is 3. The van der Waals surface area contributed by atoms with Gasteiger partial charge in [0, 0.05) is 30.3 Å². The van der Waals surface area contributed by atoms with Gasteiger partial charge in [0.1, 0.15) is 13.2 Å². The summed E-state index contributed by atoms with van der Waals surface area (Å²) >= 11 is 0. The van der Waals surface area contributed by atoms with E-state index in [1.807, 2.05) is 6.08 Å². The first-order valence-electron chi connectivity index (χ1n) is 13.4. The summed E-state index contributed by atoms with van der Waals surface area (Å²) in [6, 6.07) is 0. The highest BCUT2D eigenvalue weighted by molar-refractivity contribution is 6.01. The van der Waals surface area contributed by atoms with Crippen LogP contribution in [0.25, 0.3) is 0 Å². The van der Waals surface area contributed by atoms with Crippen LogP contribution in [-0.4, -0.2) is 61.6 Å². The molecule has 0 amide bonds. The molecule has 0 aromatic carbocycles. The van der Waals surface area contributed by atoms with Crippen molar-refractivity contribution in [3.63, 3.8) is 0 Å². The zero-order chi connectivity index (χ0) is 27.1. The predicted molar refractivity (Wildman–Crippen MR) is 134 cm³/mol. The van der Waals surface area contributed by atoms with Crippen LogP contribution in [0.2, 0.25) is 0 Å². The Hall–Kier alpha value is -2.32. The first-order chi connectivity index (χ1) is 17.4. The van der Waals surface area contributed by atoms with Crippen molar-refractivity contribution in [2.45, 2.75) is 59.5 Å². The number of fused-ring (bicyclic) bond motifs is 5. The Morgan fingerprint density at radius 1 is 1.14 bits per heavy atom. The predicted octanol–water partition coefficient (Wildman–Crippen LogP) is 3.07. The van der Waals surface area contributed by atoms with Crippen molar-refractivity contribution >= 4 is 23.5 Å². The monoisotopic (exact) mass is 516 g/mol. The van der Waals surface area contributed by atoms with Crippen molar-refractivity contribution in [2.24, 2.45) is 46.3 Å². The number of aliphatic hydroxyl groups is 1. The van der Waals surface area contributed by atoms with Gasteiger partial charge in [0.05, 0.1) is 18.6 Å². The molecule has 0 aromatic heterocycles. The van der Waals surface area contributed by atoms with E-state index < -0.39 is 22.9 Å². The van der Waals surface area contributed by atoms with Gasteiger partial charge < -0.3 is 19.3 Å². The van der Waals surface area contributed by atoms with Crippen LogP contribution < -0.4 is 0 Å². The molecule has 0 bridgehead atoms. The van der Waals surface area contributed by atoms with Crippen molar-refractivity contribution in [2.75, 3.05) is 26.9 Å². The van der Waals surface area contributed by atoms with Gasteiger partial charge in [-0.15, -0.1) is 0 Å². The van der Waals surface area contributed by atoms with Crippen molar-refractivity contribution in [3.05, 3.63) is 23.8 Å². The molecular formula is C29H40O8. The van der Waals surface area contributed by atoms with Crippen LogP contribution in [0, 0.1) is 46.3 Å². The molecule has 0 radical (unpaired) electrons. The van der Waals surface area contributed by atoms with Crippen LogP contribution in [-0.2, 0) is 33.4 Å². The smallest absolute Gasteiger partial charge is 0.332 e. The van der Waals surface area contributed by atoms with E-state index in [1.165, 1.54) is 7.11 Å². The van der Waals surface area contributed by atoms with Gasteiger partial charge in [-0.05, 0) is 60.7 Å². The number of rotatable bonds is 8. The standard InChI is InChI=1S/C29H40O8/c1-16(2)27(34)37-14-24(32)21-7-6-20-19-10-17(13-36-25(33)15-35-5)22-11-18(30)8-9-28(22,3)26(19)23(31)12-29(20,21)4/h8-9,11,16-17,19-21,23,26,31H,6-7,10,12-15H2,1-5H3/t17-,19+,20+,21-,23+,26-,28+,29+/m1/s1. The molecule has 0 heterocycles. The quantitative estimate of drug-likeness (QED) is 0.490. The molecule has 0 aromatic rings. The second-order valence-corrected chi connectivity index (χ2v) is 12.1. The molecule has 0 aliphatic heterocycles. The molecule has 0 unspecified atom stereocenters. The Balaban J connectivity index is 1.60. The van der Waals surface area contributed by atoms with E-state index in [0.717, 1.165) is 12.0 Å². The van der Waals surface area contributed by atoms with Crippen LogP contribution in [0.4, 0.5) is 0 Å². The number of hydrogen-bond acceptors (Lipinski definition) is 8. The molecule has 4 rings (SSSR count). The Labute approximate surface area is 218 Å². The fraction of sp³-hybridized carbons (Fsp3) is 0.724. The van der Waals surface area contributed by atoms with E-state index in [0.29, 0.717) is 19.3 Å². The van der Waals surface area contributed by atoms with Crippen LogP contribution in [0.15, 0.2) is 23.8 Å². The number of esters is 2. The number of ketones is 2. The lowest BCUT2D eigenvalue weighted by Gasteiger charge is -2.60. The minimum Gasteiger partial charge on any atom is -0.463 e. The van der Waals surface area contributed by atoms with Crippen molar-refractivity contribution in [1.82, 2.24) is 0 Å². The van der Waals surface area contributed by atoms with Gasteiger partial charge in [-0.2, -0.15) is 0 Å². The van der Waals surface area contributed by atoms with Gasteiger partial charge in [-0.25, -0.2) is 4.79 Å². The third-order valence-corrected chi connectivity index (χ3v) is 9.58. The molecule has 8 atom stereocenters. The number of hydrogen-bond donors (Lipinski definition) is 1. The first-order valence-corrected chi connectivity index (χ1v) is 13.4. The van der Waals surface area contributed by atoms with Crippen LogP contribution in [0.3, 0.4) is 0 Å². The molecule has 3 saturated carbocycles. The highest BCUT2D eigenvalue weighted by atomic mass is 16.6. The maximum Gasteiger partial charge on any atom is 0.332 e. The van der Waals surface area contributed by atoms with Gasteiger partial charge >= 0.3 is 11.9 Å². The average Bonchev–Trinajstić information content (AvgIpc) is 3.18. The molecule has 8 nitrogen and oxygen atoms in total. The summed E-state index contributed by atoms with van der Waals surface area (Å²) in [5.74, 6) is -1.64. The number of Topliss-reactive ketones (excluding diaryl/α,β-unsaturated/α-hetero) is 1. The number of carbonyl (C=O) groups is 4. The summed E-state index contributed by atoms with van der Waals surface area (Å²) in [5, 5.41) is 11.6. The molecular weight excluding hydrogens is 476 g/mol. The lowest BCUT2D eigenvalue weighted by Crippen LogP contribution is -2.58. The minimum absolute atomic E-state index is 0.0795. The van der Waals surface area contributed by atoms with Crippen LogP contribution in [0.5, 0.6) is 0 Å². The molecule has 8 heteroatoms. The van der Waals surface area contributed by atoms with E-state index in [1.54, 1.807) is 26.0 Å². The maximum absolute atomic E-state index is 13.2. The Morgan fingerprint density at radius 3 is 2.54 bits per heavy atom. The second kappa shape index (κ2) is 10.4. The molecule has 37 heavy (non-hydrogen) atoms. The molecule has 204 valence electrons. The zero-order valence-corrected chi connectivity index (χ0v) is 22.5. The lowest BCUT2D eigenvalue weighted by molar-refractivity contribution is -0.158. The number of aliphatic hydroxyl groups excluding tert-OH is 1. The van der Waals surface area contributed by atoms with Crippen molar-refractivity contribution < 1.29 is 38.5 Å². The van der Waals surface area contributed by atoms with E-state index in [-0.39, 0.29) is 72.9 Å². The van der Waals surface area contributed by atoms with E-state index >= 15 is 0 Å². The normalized spacial score (nSPS) is 38.4. The molecule has 3 fully saturated rings. The van der Waals surface area contributed by atoms with Crippen molar-refractivity contribution in [1.29, 1.82) is 0 Å².